The van der Waals surface area contributed by atoms with Crippen LogP contribution in [0.4, 0.5) is 0 Å². The van der Waals surface area contributed by atoms with Crippen LogP contribution in [-0.4, -0.2) is 0 Å². The Kier molecular flexibility index (Phi) is 7.41. The highest BCUT2D eigenvalue weighted by atomic mass is 33.1. The summed E-state index contributed by atoms with van der Waals surface area (Å²) in [6.07, 6.45) is 5.91. The van der Waals surface area contributed by atoms with Gasteiger partial charge in [0.2, 0.25) is 0 Å². The molecule has 0 amide bonds. The van der Waals surface area contributed by atoms with Crippen LogP contribution in [0, 0.1) is 0 Å². The largest absolute Gasteiger partial charge is 0.201 e. The minimum Gasteiger partial charge on any atom is -0.201 e. The van der Waals surface area contributed by atoms with Crippen LogP contribution in [0.15, 0.2) is 43.2 Å². The van der Waals surface area contributed by atoms with E-state index in [2.05, 4.69) is 34.5 Å². The number of allylic oxidation sites excluding steroid dienone is 1. The number of thiol groups is 2. The van der Waals surface area contributed by atoms with E-state index in [0.717, 1.165) is 6.54 Å². The molecule has 0 N–H and O–H groups in total. The third kappa shape index (κ3) is 4.93. The molecule has 1 rings (SSSR count). The van der Waals surface area contributed by atoms with Gasteiger partial charge >= 0.3 is 0 Å². The third-order valence-corrected chi connectivity index (χ3v) is 1.12. The first-order chi connectivity index (χ1) is 5.43. The van der Waals surface area contributed by atoms with Crippen LogP contribution in [0.2, 0.25) is 0 Å². The summed E-state index contributed by atoms with van der Waals surface area (Å²) >= 11 is 6.44. The van der Waals surface area contributed by atoms with Gasteiger partial charge in [-0.05, 0) is 6.08 Å². The molecule has 0 bridgehead atoms. The predicted molar refractivity (Wildman–Crippen MR) is 54.8 cm³/mol. The van der Waals surface area contributed by atoms with Crippen LogP contribution >= 0.6 is 23.3 Å². The average molecular weight is 186 g/mol. The molecule has 1 heterocycles. The lowest BCUT2D eigenvalue weighted by atomic mass is 10.5. The molecular weight excluding hydrogens is 174 g/mol. The Morgan fingerprint density at radius 1 is 1.18 bits per heavy atom. The normalized spacial score (nSPS) is 7.82. The van der Waals surface area contributed by atoms with Crippen molar-refractivity contribution in [3.8, 4) is 0 Å². The van der Waals surface area contributed by atoms with Crippen LogP contribution < -0.4 is 4.57 Å². The Balaban J connectivity index is 0.000000461. The SMILES string of the molecule is C=CC[n+]1ccccc1.SS. The first-order valence-corrected chi connectivity index (χ1v) is 4.78. The minimum atomic E-state index is 0.890. The summed E-state index contributed by atoms with van der Waals surface area (Å²) in [4.78, 5) is 0. The van der Waals surface area contributed by atoms with Crippen molar-refractivity contribution in [3.05, 3.63) is 43.2 Å². The van der Waals surface area contributed by atoms with Gasteiger partial charge < -0.3 is 0 Å². The standard InChI is InChI=1S/C8H10N.H2S2/c1-2-6-9-7-4-3-5-8-9;1-2/h2-5,7-8H,1,6H2;1-2H/q+1;. The average Bonchev–Trinajstić information content (AvgIpc) is 2.11. The first kappa shape index (κ1) is 10.6. The summed E-state index contributed by atoms with van der Waals surface area (Å²) < 4.78 is 2.06. The number of hydrogen-bond acceptors (Lipinski definition) is 2. The summed E-state index contributed by atoms with van der Waals surface area (Å²) in [5.41, 5.74) is 0. The zero-order valence-electron chi connectivity index (χ0n) is 6.22. The van der Waals surface area contributed by atoms with Gasteiger partial charge in [-0.1, -0.05) is 12.6 Å². The molecule has 0 unspecified atom stereocenters. The second kappa shape index (κ2) is 7.69. The Bertz CT molecular complexity index is 187. The number of rotatable bonds is 2. The summed E-state index contributed by atoms with van der Waals surface area (Å²) in [5.74, 6) is 0. The zero-order chi connectivity index (χ0) is 8.53. The summed E-state index contributed by atoms with van der Waals surface area (Å²) in [7, 11) is 0. The maximum atomic E-state index is 3.64. The van der Waals surface area contributed by atoms with Crippen molar-refractivity contribution in [1.82, 2.24) is 0 Å². The topological polar surface area (TPSA) is 3.88 Å². The van der Waals surface area contributed by atoms with Gasteiger partial charge in [-0.15, -0.1) is 23.3 Å². The molecule has 0 aliphatic carbocycles. The van der Waals surface area contributed by atoms with Crippen LogP contribution in [0.3, 0.4) is 0 Å². The molecule has 1 nitrogen and oxygen atoms in total. The van der Waals surface area contributed by atoms with Crippen molar-refractivity contribution in [2.75, 3.05) is 0 Å². The summed E-state index contributed by atoms with van der Waals surface area (Å²) in [5, 5.41) is 0. The van der Waals surface area contributed by atoms with Gasteiger partial charge in [0.1, 0.15) is 0 Å². The Morgan fingerprint density at radius 3 is 2.18 bits per heavy atom. The van der Waals surface area contributed by atoms with Gasteiger partial charge in [-0.2, -0.15) is 0 Å². The van der Waals surface area contributed by atoms with Crippen molar-refractivity contribution in [3.63, 3.8) is 0 Å². The first-order valence-electron chi connectivity index (χ1n) is 3.18. The molecule has 0 spiro atoms. The quantitative estimate of drug-likeness (QED) is 0.301. The maximum absolute atomic E-state index is 3.64. The van der Waals surface area contributed by atoms with Gasteiger partial charge in [-0.3, -0.25) is 0 Å². The molecule has 0 aliphatic rings. The lowest BCUT2D eigenvalue weighted by molar-refractivity contribution is -0.687. The van der Waals surface area contributed by atoms with Crippen LogP contribution in [0.25, 0.3) is 0 Å². The van der Waals surface area contributed by atoms with E-state index in [9.17, 15) is 0 Å². The molecule has 0 aromatic carbocycles. The summed E-state index contributed by atoms with van der Waals surface area (Å²) in [6, 6.07) is 6.01. The van der Waals surface area contributed by atoms with Gasteiger partial charge in [-0.25, -0.2) is 4.57 Å². The maximum Gasteiger partial charge on any atom is 0.169 e. The van der Waals surface area contributed by atoms with Crippen molar-refractivity contribution in [2.45, 2.75) is 6.54 Å². The predicted octanol–water partition coefficient (Wildman–Crippen LogP) is 1.92. The van der Waals surface area contributed by atoms with Crippen molar-refractivity contribution < 1.29 is 4.57 Å². The summed E-state index contributed by atoms with van der Waals surface area (Å²) in [6.45, 7) is 4.52. The van der Waals surface area contributed by atoms with Crippen molar-refractivity contribution in [1.29, 1.82) is 0 Å². The number of nitrogens with zero attached hydrogens (tertiary/aromatic N) is 1. The highest BCUT2D eigenvalue weighted by molar-refractivity contribution is 8.59. The molecule has 11 heavy (non-hydrogen) atoms. The number of aromatic nitrogens is 1. The highest BCUT2D eigenvalue weighted by Gasteiger charge is 1.88. The molecule has 0 atom stereocenters. The third-order valence-electron chi connectivity index (χ3n) is 1.12. The molecule has 3 heteroatoms. The van der Waals surface area contributed by atoms with Gasteiger partial charge in [0, 0.05) is 12.1 Å². The van der Waals surface area contributed by atoms with Crippen LogP contribution in [-0.2, 0) is 6.54 Å². The molecule has 0 saturated carbocycles. The van der Waals surface area contributed by atoms with Gasteiger partial charge in [0.15, 0.2) is 18.9 Å². The van der Waals surface area contributed by atoms with E-state index in [1.807, 2.05) is 36.7 Å². The molecule has 0 fully saturated rings. The van der Waals surface area contributed by atoms with Crippen molar-refractivity contribution in [2.24, 2.45) is 0 Å². The Labute approximate surface area is 78.0 Å². The second-order valence-corrected chi connectivity index (χ2v) is 1.86. The van der Waals surface area contributed by atoms with E-state index in [1.165, 1.54) is 0 Å². The van der Waals surface area contributed by atoms with Gasteiger partial charge in [0.25, 0.3) is 0 Å². The van der Waals surface area contributed by atoms with E-state index in [1.54, 1.807) is 0 Å². The molecule has 0 radical (unpaired) electrons. The molecule has 1 aromatic rings. The fourth-order valence-electron chi connectivity index (χ4n) is 0.705. The van der Waals surface area contributed by atoms with E-state index >= 15 is 0 Å². The highest BCUT2D eigenvalue weighted by Crippen LogP contribution is 1.75. The van der Waals surface area contributed by atoms with E-state index in [4.69, 9.17) is 0 Å². The molecular formula is C8H12NS2+. The minimum absolute atomic E-state index is 0.890. The van der Waals surface area contributed by atoms with E-state index in [-0.39, 0.29) is 0 Å². The second-order valence-electron chi connectivity index (χ2n) is 1.86. The molecule has 0 saturated heterocycles. The Morgan fingerprint density at radius 2 is 1.73 bits per heavy atom. The number of pyridine rings is 1. The smallest absolute Gasteiger partial charge is 0.169 e. The molecule has 1 aromatic heterocycles. The zero-order valence-corrected chi connectivity index (χ0v) is 8.01. The fourth-order valence-corrected chi connectivity index (χ4v) is 0.705. The fraction of sp³-hybridized carbons (Fsp3) is 0.125. The monoisotopic (exact) mass is 186 g/mol. The molecule has 60 valence electrons. The van der Waals surface area contributed by atoms with Crippen LogP contribution in [0.1, 0.15) is 0 Å². The lowest BCUT2D eigenvalue weighted by Crippen LogP contribution is -2.30. The van der Waals surface area contributed by atoms with E-state index in [0.29, 0.717) is 0 Å². The lowest BCUT2D eigenvalue weighted by Gasteiger charge is -1.86. The van der Waals surface area contributed by atoms with Gasteiger partial charge in [0.05, 0.1) is 0 Å². The Hall–Kier alpha value is -0.410. The molecule has 0 aliphatic heterocycles. The van der Waals surface area contributed by atoms with Crippen LogP contribution in [0.5, 0.6) is 0 Å². The van der Waals surface area contributed by atoms with Crippen molar-refractivity contribution >= 4 is 23.3 Å². The number of hydrogen-bond donors (Lipinski definition) is 2. The van der Waals surface area contributed by atoms with E-state index < -0.39 is 0 Å².